The maximum atomic E-state index is 12.7. The van der Waals surface area contributed by atoms with Gasteiger partial charge < -0.3 is 14.2 Å². The van der Waals surface area contributed by atoms with E-state index in [4.69, 9.17) is 14.2 Å². The molecule has 0 N–H and O–H groups in total. The lowest BCUT2D eigenvalue weighted by Crippen LogP contribution is -2.30. The largest absolute Gasteiger partial charge is 0.462 e. The molecule has 0 aromatic rings. The third-order valence-corrected chi connectivity index (χ3v) is 9.55. The highest BCUT2D eigenvalue weighted by Gasteiger charge is 2.17. The number of allylic oxidation sites excluding steroid dienone is 10. The standard InChI is InChI=1S/C49H86O5/c1-4-7-10-13-16-19-21-23-24-25-27-29-32-35-38-41-44-52-45-47(54-49(51)43-40-37-34-30-18-15-12-9-6-3)46-53-48(50)42-39-36-33-31-28-26-22-20-17-14-11-8-5-2/h8,11,17,20,23-24,26,28,33,36,47H,4-7,9-10,12-16,18-19,21-22,25,27,29-32,34-35,37-46H2,1-3H3/b11-8-,20-17-,24-23-,28-26-,36-33-. The van der Waals surface area contributed by atoms with Gasteiger partial charge in [-0.15, -0.1) is 0 Å². The first-order valence-corrected chi connectivity index (χ1v) is 22.8. The number of rotatable bonds is 41. The van der Waals surface area contributed by atoms with Gasteiger partial charge in [0.15, 0.2) is 6.10 Å². The van der Waals surface area contributed by atoms with Gasteiger partial charge in [0.1, 0.15) is 6.61 Å². The van der Waals surface area contributed by atoms with Crippen LogP contribution in [0.3, 0.4) is 0 Å². The molecule has 1 unspecified atom stereocenters. The number of carbonyl (C=O) groups excluding carboxylic acids is 2. The van der Waals surface area contributed by atoms with Crippen LogP contribution in [0.25, 0.3) is 0 Å². The smallest absolute Gasteiger partial charge is 0.306 e. The molecule has 1 atom stereocenters. The zero-order valence-corrected chi connectivity index (χ0v) is 35.7. The van der Waals surface area contributed by atoms with E-state index in [0.717, 1.165) is 51.4 Å². The molecule has 0 fully saturated rings. The Balaban J connectivity index is 4.30. The molecule has 0 rings (SSSR count). The molecular formula is C49H86O5. The van der Waals surface area contributed by atoms with Crippen LogP contribution in [0.5, 0.6) is 0 Å². The molecule has 5 nitrogen and oxygen atoms in total. The molecule has 54 heavy (non-hydrogen) atoms. The van der Waals surface area contributed by atoms with Gasteiger partial charge in [-0.1, -0.05) is 191 Å². The van der Waals surface area contributed by atoms with Crippen LogP contribution in [-0.4, -0.2) is 37.9 Å². The second-order valence-electron chi connectivity index (χ2n) is 14.9. The predicted octanol–water partition coefficient (Wildman–Crippen LogP) is 15.0. The molecule has 0 bridgehead atoms. The Kier molecular flexibility index (Phi) is 43.0. The minimum atomic E-state index is -0.563. The number of hydrogen-bond donors (Lipinski definition) is 0. The van der Waals surface area contributed by atoms with Gasteiger partial charge in [0, 0.05) is 19.4 Å². The summed E-state index contributed by atoms with van der Waals surface area (Å²) < 4.78 is 17.2. The molecule has 0 radical (unpaired) electrons. The van der Waals surface area contributed by atoms with Gasteiger partial charge in [0.25, 0.3) is 0 Å². The molecule has 312 valence electrons. The Morgan fingerprint density at radius 3 is 1.41 bits per heavy atom. The van der Waals surface area contributed by atoms with Crippen LogP contribution in [0, 0.1) is 0 Å². The van der Waals surface area contributed by atoms with Crippen LogP contribution >= 0.6 is 0 Å². The van der Waals surface area contributed by atoms with Crippen molar-refractivity contribution in [3.05, 3.63) is 60.8 Å². The molecule has 0 heterocycles. The third-order valence-electron chi connectivity index (χ3n) is 9.55. The van der Waals surface area contributed by atoms with Crippen molar-refractivity contribution in [2.45, 2.75) is 219 Å². The normalized spacial score (nSPS) is 12.7. The summed E-state index contributed by atoms with van der Waals surface area (Å²) >= 11 is 0. The van der Waals surface area contributed by atoms with Gasteiger partial charge in [0.2, 0.25) is 0 Å². The second kappa shape index (κ2) is 45.0. The molecule has 0 aromatic carbocycles. The summed E-state index contributed by atoms with van der Waals surface area (Å²) in [4.78, 5) is 25.1. The van der Waals surface area contributed by atoms with E-state index >= 15 is 0 Å². The summed E-state index contributed by atoms with van der Waals surface area (Å²) in [7, 11) is 0. The lowest BCUT2D eigenvalue weighted by atomic mass is 10.1. The lowest BCUT2D eigenvalue weighted by molar-refractivity contribution is -0.162. The Labute approximate surface area is 334 Å². The van der Waals surface area contributed by atoms with Gasteiger partial charge in [-0.2, -0.15) is 0 Å². The average Bonchev–Trinajstić information content (AvgIpc) is 3.17. The van der Waals surface area contributed by atoms with E-state index < -0.39 is 6.10 Å². The predicted molar refractivity (Wildman–Crippen MR) is 233 cm³/mol. The zero-order valence-electron chi connectivity index (χ0n) is 35.7. The van der Waals surface area contributed by atoms with Crippen LogP contribution < -0.4 is 0 Å². The Morgan fingerprint density at radius 2 is 0.870 bits per heavy atom. The van der Waals surface area contributed by atoms with Crippen molar-refractivity contribution in [3.63, 3.8) is 0 Å². The van der Waals surface area contributed by atoms with Crippen molar-refractivity contribution in [2.24, 2.45) is 0 Å². The minimum absolute atomic E-state index is 0.0456. The number of ether oxygens (including phenoxy) is 3. The molecular weight excluding hydrogens is 669 g/mol. The fourth-order valence-corrected chi connectivity index (χ4v) is 6.16. The molecule has 0 saturated heterocycles. The van der Waals surface area contributed by atoms with Gasteiger partial charge in [-0.3, -0.25) is 9.59 Å². The topological polar surface area (TPSA) is 61.8 Å². The molecule has 5 heteroatoms. The van der Waals surface area contributed by atoms with Crippen molar-refractivity contribution >= 4 is 11.9 Å². The van der Waals surface area contributed by atoms with Crippen LogP contribution in [0.1, 0.15) is 213 Å². The van der Waals surface area contributed by atoms with E-state index in [-0.39, 0.29) is 25.2 Å². The summed E-state index contributed by atoms with van der Waals surface area (Å²) in [6.45, 7) is 7.60. The van der Waals surface area contributed by atoms with Crippen molar-refractivity contribution in [3.8, 4) is 0 Å². The van der Waals surface area contributed by atoms with Crippen LogP contribution in [0.2, 0.25) is 0 Å². The van der Waals surface area contributed by atoms with E-state index in [9.17, 15) is 9.59 Å². The minimum Gasteiger partial charge on any atom is -0.462 e. The van der Waals surface area contributed by atoms with Crippen molar-refractivity contribution < 1.29 is 23.8 Å². The number of esters is 2. The zero-order chi connectivity index (χ0) is 39.3. The maximum Gasteiger partial charge on any atom is 0.306 e. The third kappa shape index (κ3) is 42.3. The molecule has 0 aliphatic carbocycles. The SMILES string of the molecule is CC/C=C\C/C=C\C/C=C\C/C=C\CCC(=O)OCC(COCCCCCCCC/C=C\CCCCCCCC)OC(=O)CCCCCCCCCCC. The summed E-state index contributed by atoms with van der Waals surface area (Å²) in [6.07, 6.45) is 55.2. The Hall–Kier alpha value is -2.40. The number of carbonyl (C=O) groups is 2. The molecule has 0 amide bonds. The van der Waals surface area contributed by atoms with Crippen LogP contribution in [-0.2, 0) is 23.8 Å². The molecule has 0 aromatic heterocycles. The molecule has 0 spiro atoms. The highest BCUT2D eigenvalue weighted by atomic mass is 16.6. The van der Waals surface area contributed by atoms with Crippen LogP contribution in [0.15, 0.2) is 60.8 Å². The van der Waals surface area contributed by atoms with E-state index in [1.54, 1.807) is 0 Å². The lowest BCUT2D eigenvalue weighted by Gasteiger charge is -2.18. The van der Waals surface area contributed by atoms with E-state index in [0.29, 0.717) is 25.9 Å². The number of hydrogen-bond acceptors (Lipinski definition) is 5. The van der Waals surface area contributed by atoms with Crippen molar-refractivity contribution in [1.82, 2.24) is 0 Å². The Bertz CT molecular complexity index is 946. The van der Waals surface area contributed by atoms with Gasteiger partial charge in [0.05, 0.1) is 6.61 Å². The van der Waals surface area contributed by atoms with Gasteiger partial charge in [-0.25, -0.2) is 0 Å². The highest BCUT2D eigenvalue weighted by molar-refractivity contribution is 5.70. The highest BCUT2D eigenvalue weighted by Crippen LogP contribution is 2.13. The van der Waals surface area contributed by atoms with E-state index in [1.807, 2.05) is 6.08 Å². The first-order valence-electron chi connectivity index (χ1n) is 22.8. The van der Waals surface area contributed by atoms with Gasteiger partial charge in [-0.05, 0) is 70.6 Å². The van der Waals surface area contributed by atoms with Gasteiger partial charge >= 0.3 is 11.9 Å². The van der Waals surface area contributed by atoms with Crippen molar-refractivity contribution in [2.75, 3.05) is 19.8 Å². The van der Waals surface area contributed by atoms with Crippen molar-refractivity contribution in [1.29, 1.82) is 0 Å². The first kappa shape index (κ1) is 51.6. The van der Waals surface area contributed by atoms with E-state index in [2.05, 4.69) is 75.5 Å². The average molecular weight is 755 g/mol. The first-order chi connectivity index (χ1) is 26.6. The fourth-order valence-electron chi connectivity index (χ4n) is 6.16. The summed E-state index contributed by atoms with van der Waals surface area (Å²) in [5, 5.41) is 0. The molecule has 0 saturated carbocycles. The summed E-state index contributed by atoms with van der Waals surface area (Å²) in [5.41, 5.74) is 0. The fraction of sp³-hybridized carbons (Fsp3) is 0.755. The monoisotopic (exact) mass is 755 g/mol. The Morgan fingerprint density at radius 1 is 0.426 bits per heavy atom. The second-order valence-corrected chi connectivity index (χ2v) is 14.9. The maximum absolute atomic E-state index is 12.7. The van der Waals surface area contributed by atoms with E-state index in [1.165, 1.54) is 122 Å². The summed E-state index contributed by atoms with van der Waals surface area (Å²) in [6, 6.07) is 0. The van der Waals surface area contributed by atoms with Crippen LogP contribution in [0.4, 0.5) is 0 Å². The number of unbranched alkanes of at least 4 members (excludes halogenated alkanes) is 20. The molecule has 0 aliphatic rings. The summed E-state index contributed by atoms with van der Waals surface area (Å²) in [5.74, 6) is -0.495. The quantitative estimate of drug-likeness (QED) is 0.0353. The molecule has 0 aliphatic heterocycles.